The second-order valence-electron chi connectivity index (χ2n) is 4.99. The largest absolute Gasteiger partial charge is 0.340 e. The number of aryl methyl sites for hydroxylation is 1. The summed E-state index contributed by atoms with van der Waals surface area (Å²) in [4.78, 5) is 14.0. The number of piperazine rings is 1. The van der Waals surface area contributed by atoms with Crippen LogP contribution >= 0.6 is 0 Å². The van der Waals surface area contributed by atoms with Gasteiger partial charge in [-0.05, 0) is 6.92 Å². The lowest BCUT2D eigenvalue weighted by Gasteiger charge is -2.31. The molecule has 18 heavy (non-hydrogen) atoms. The molecule has 0 radical (unpaired) electrons. The molecule has 0 saturated carbocycles. The van der Waals surface area contributed by atoms with E-state index in [9.17, 15) is 4.79 Å². The fourth-order valence-corrected chi connectivity index (χ4v) is 2.13. The maximum absolute atomic E-state index is 12.2. The number of rotatable bonds is 3. The van der Waals surface area contributed by atoms with Crippen molar-refractivity contribution in [1.82, 2.24) is 25.3 Å². The minimum Gasteiger partial charge on any atom is -0.340 e. The van der Waals surface area contributed by atoms with Crippen LogP contribution in [0, 0.1) is 0 Å². The molecule has 2 heterocycles. The van der Waals surface area contributed by atoms with Crippen molar-refractivity contribution in [2.24, 2.45) is 7.05 Å². The first kappa shape index (κ1) is 13.0. The second kappa shape index (κ2) is 5.49. The van der Waals surface area contributed by atoms with Gasteiger partial charge < -0.3 is 15.5 Å². The van der Waals surface area contributed by atoms with Gasteiger partial charge >= 0.3 is 0 Å². The average molecular weight is 251 g/mol. The van der Waals surface area contributed by atoms with Crippen molar-refractivity contribution in [3.05, 3.63) is 18.0 Å². The molecule has 1 aliphatic heterocycles. The van der Waals surface area contributed by atoms with Gasteiger partial charge in [0, 0.05) is 51.5 Å². The number of hydrogen-bond acceptors (Lipinski definition) is 4. The molecule has 1 amide bonds. The standard InChI is InChI=1S/C12H21N5O/c1-9-4-14-11(6-13-9)12(18)16(2)7-10-5-15-17(3)8-10/h5,8-9,11,13-14H,4,6-7H2,1-3H3. The van der Waals surface area contributed by atoms with E-state index in [4.69, 9.17) is 0 Å². The zero-order valence-corrected chi connectivity index (χ0v) is 11.2. The summed E-state index contributed by atoms with van der Waals surface area (Å²) in [7, 11) is 3.70. The van der Waals surface area contributed by atoms with Gasteiger partial charge in [-0.2, -0.15) is 5.10 Å². The van der Waals surface area contributed by atoms with E-state index in [0.29, 0.717) is 19.1 Å². The third-order valence-corrected chi connectivity index (χ3v) is 3.19. The van der Waals surface area contributed by atoms with Crippen molar-refractivity contribution in [2.75, 3.05) is 20.1 Å². The SMILES string of the molecule is CC1CNC(C(=O)N(C)Cc2cnn(C)c2)CN1. The van der Waals surface area contributed by atoms with E-state index < -0.39 is 0 Å². The highest BCUT2D eigenvalue weighted by Crippen LogP contribution is 2.04. The molecule has 1 aromatic rings. The van der Waals surface area contributed by atoms with E-state index in [0.717, 1.165) is 12.1 Å². The number of carbonyl (C=O) groups excluding carboxylic acids is 1. The highest BCUT2D eigenvalue weighted by molar-refractivity contribution is 5.82. The number of carbonyl (C=O) groups is 1. The molecule has 6 nitrogen and oxygen atoms in total. The van der Waals surface area contributed by atoms with Gasteiger partial charge in [-0.1, -0.05) is 0 Å². The monoisotopic (exact) mass is 251 g/mol. The van der Waals surface area contributed by atoms with E-state index in [1.807, 2.05) is 20.3 Å². The second-order valence-corrected chi connectivity index (χ2v) is 4.99. The molecular formula is C12H21N5O. The highest BCUT2D eigenvalue weighted by Gasteiger charge is 2.25. The predicted molar refractivity (Wildman–Crippen MR) is 68.9 cm³/mol. The molecule has 1 aromatic heterocycles. The molecule has 2 unspecified atom stereocenters. The van der Waals surface area contributed by atoms with Crippen LogP contribution in [0.3, 0.4) is 0 Å². The molecule has 1 saturated heterocycles. The fourth-order valence-electron chi connectivity index (χ4n) is 2.13. The molecule has 1 aliphatic rings. The lowest BCUT2D eigenvalue weighted by molar-refractivity contribution is -0.133. The quantitative estimate of drug-likeness (QED) is 0.748. The minimum absolute atomic E-state index is 0.122. The first-order chi connectivity index (χ1) is 8.56. The molecule has 100 valence electrons. The molecule has 0 spiro atoms. The van der Waals surface area contributed by atoms with Crippen LogP contribution in [0.5, 0.6) is 0 Å². The van der Waals surface area contributed by atoms with Crippen LogP contribution in [-0.4, -0.2) is 52.8 Å². The summed E-state index contributed by atoms with van der Waals surface area (Å²) in [5.41, 5.74) is 1.05. The average Bonchev–Trinajstić information content (AvgIpc) is 2.75. The van der Waals surface area contributed by atoms with Gasteiger partial charge in [0.25, 0.3) is 0 Å². The Morgan fingerprint density at radius 2 is 2.33 bits per heavy atom. The maximum Gasteiger partial charge on any atom is 0.241 e. The zero-order chi connectivity index (χ0) is 13.1. The first-order valence-corrected chi connectivity index (χ1v) is 6.25. The van der Waals surface area contributed by atoms with Gasteiger partial charge in [0.15, 0.2) is 0 Å². The van der Waals surface area contributed by atoms with E-state index in [2.05, 4.69) is 22.7 Å². The molecule has 0 bridgehead atoms. The van der Waals surface area contributed by atoms with Crippen molar-refractivity contribution in [1.29, 1.82) is 0 Å². The van der Waals surface area contributed by atoms with Gasteiger partial charge in [0.05, 0.1) is 12.2 Å². The third kappa shape index (κ3) is 3.08. The summed E-state index contributed by atoms with van der Waals surface area (Å²) in [5.74, 6) is 0.123. The Hall–Kier alpha value is -1.40. The van der Waals surface area contributed by atoms with Crippen molar-refractivity contribution in [2.45, 2.75) is 25.6 Å². The number of nitrogens with one attached hydrogen (secondary N) is 2. The van der Waals surface area contributed by atoms with Crippen molar-refractivity contribution in [3.8, 4) is 0 Å². The maximum atomic E-state index is 12.2. The number of aromatic nitrogens is 2. The van der Waals surface area contributed by atoms with Crippen molar-refractivity contribution < 1.29 is 4.79 Å². The van der Waals surface area contributed by atoms with Crippen LogP contribution in [0.25, 0.3) is 0 Å². The van der Waals surface area contributed by atoms with Gasteiger partial charge in [0.1, 0.15) is 0 Å². The summed E-state index contributed by atoms with van der Waals surface area (Å²) in [5, 5.41) is 10.7. The van der Waals surface area contributed by atoms with Crippen LogP contribution in [0.4, 0.5) is 0 Å². The molecule has 0 aliphatic carbocycles. The molecule has 2 atom stereocenters. The van der Waals surface area contributed by atoms with E-state index in [-0.39, 0.29) is 11.9 Å². The Morgan fingerprint density at radius 3 is 2.89 bits per heavy atom. The molecule has 2 N–H and O–H groups in total. The number of nitrogens with zero attached hydrogens (tertiary/aromatic N) is 3. The Bertz CT molecular complexity index is 408. The summed E-state index contributed by atoms with van der Waals surface area (Å²) in [6, 6.07) is 0.306. The molecule has 2 rings (SSSR count). The van der Waals surface area contributed by atoms with E-state index in [1.165, 1.54) is 0 Å². The molecule has 0 aromatic carbocycles. The molecular weight excluding hydrogens is 230 g/mol. The summed E-state index contributed by atoms with van der Waals surface area (Å²) >= 11 is 0. The zero-order valence-electron chi connectivity index (χ0n) is 11.2. The summed E-state index contributed by atoms with van der Waals surface area (Å²) < 4.78 is 1.75. The number of likely N-dealkylation sites (N-methyl/N-ethyl adjacent to an activating group) is 1. The van der Waals surface area contributed by atoms with Crippen LogP contribution < -0.4 is 10.6 Å². The van der Waals surface area contributed by atoms with Gasteiger partial charge in [0.2, 0.25) is 5.91 Å². The smallest absolute Gasteiger partial charge is 0.241 e. The van der Waals surface area contributed by atoms with Crippen LogP contribution in [0.2, 0.25) is 0 Å². The fraction of sp³-hybridized carbons (Fsp3) is 0.667. The predicted octanol–water partition coefficient (Wildman–Crippen LogP) is -0.672. The minimum atomic E-state index is -0.122. The van der Waals surface area contributed by atoms with Gasteiger partial charge in [-0.25, -0.2) is 0 Å². The number of hydrogen-bond donors (Lipinski definition) is 2. The first-order valence-electron chi connectivity index (χ1n) is 6.25. The highest BCUT2D eigenvalue weighted by atomic mass is 16.2. The Balaban J connectivity index is 1.88. The molecule has 6 heteroatoms. The van der Waals surface area contributed by atoms with Crippen molar-refractivity contribution in [3.63, 3.8) is 0 Å². The van der Waals surface area contributed by atoms with Crippen LogP contribution in [0.1, 0.15) is 12.5 Å². The Kier molecular flexibility index (Phi) is 3.98. The van der Waals surface area contributed by atoms with E-state index >= 15 is 0 Å². The van der Waals surface area contributed by atoms with Crippen molar-refractivity contribution >= 4 is 5.91 Å². The van der Waals surface area contributed by atoms with E-state index in [1.54, 1.807) is 15.8 Å². The summed E-state index contributed by atoms with van der Waals surface area (Å²) in [6.07, 6.45) is 3.72. The summed E-state index contributed by atoms with van der Waals surface area (Å²) in [6.45, 7) is 4.22. The molecule has 1 fully saturated rings. The Labute approximate surface area is 107 Å². The number of amides is 1. The van der Waals surface area contributed by atoms with Crippen LogP contribution in [0.15, 0.2) is 12.4 Å². The van der Waals surface area contributed by atoms with Crippen LogP contribution in [-0.2, 0) is 18.4 Å². The van der Waals surface area contributed by atoms with Gasteiger partial charge in [-0.3, -0.25) is 9.48 Å². The third-order valence-electron chi connectivity index (χ3n) is 3.19. The normalized spacial score (nSPS) is 23.9. The topological polar surface area (TPSA) is 62.2 Å². The lowest BCUT2D eigenvalue weighted by atomic mass is 10.1. The van der Waals surface area contributed by atoms with Gasteiger partial charge in [-0.15, -0.1) is 0 Å². The Morgan fingerprint density at radius 1 is 1.56 bits per heavy atom. The lowest BCUT2D eigenvalue weighted by Crippen LogP contribution is -2.58.